The first-order chi connectivity index (χ1) is 9.20. The molecule has 1 unspecified atom stereocenters. The summed E-state index contributed by atoms with van der Waals surface area (Å²) in [6, 6.07) is 15.1. The van der Waals surface area contributed by atoms with Gasteiger partial charge in [-0.3, -0.25) is 0 Å². The van der Waals surface area contributed by atoms with Crippen LogP contribution in [-0.2, 0) is 0 Å². The highest BCUT2D eigenvalue weighted by molar-refractivity contribution is 7.99. The molecule has 0 aromatic heterocycles. The fourth-order valence-corrected chi connectivity index (χ4v) is 2.67. The standard InChI is InChI=1S/C15H17NO2S/c1-18-12-7-8-13(16)15(9-12)19-10-14(17)11-5-3-2-4-6-11/h2-9,14,17H,10,16H2,1H3. The monoisotopic (exact) mass is 275 g/mol. The van der Waals surface area contributed by atoms with Gasteiger partial charge in [-0.25, -0.2) is 0 Å². The SMILES string of the molecule is COc1ccc(N)c(SCC(O)c2ccccc2)c1. The molecule has 4 heteroatoms. The highest BCUT2D eigenvalue weighted by Crippen LogP contribution is 2.31. The van der Waals surface area contributed by atoms with Crippen LogP contribution in [0.4, 0.5) is 5.69 Å². The summed E-state index contributed by atoms with van der Waals surface area (Å²) in [7, 11) is 1.62. The molecular weight excluding hydrogens is 258 g/mol. The Kier molecular flexibility index (Phi) is 4.71. The Morgan fingerprint density at radius 1 is 1.21 bits per heavy atom. The van der Waals surface area contributed by atoms with E-state index in [2.05, 4.69) is 0 Å². The van der Waals surface area contributed by atoms with Crippen LogP contribution in [0.15, 0.2) is 53.4 Å². The van der Waals surface area contributed by atoms with Gasteiger partial charge in [0.1, 0.15) is 5.75 Å². The topological polar surface area (TPSA) is 55.5 Å². The lowest BCUT2D eigenvalue weighted by Crippen LogP contribution is -2.01. The summed E-state index contributed by atoms with van der Waals surface area (Å²) in [5.74, 6) is 1.33. The van der Waals surface area contributed by atoms with E-state index >= 15 is 0 Å². The molecule has 2 aromatic carbocycles. The molecule has 0 aliphatic rings. The molecular formula is C15H17NO2S. The highest BCUT2D eigenvalue weighted by Gasteiger charge is 2.09. The van der Waals surface area contributed by atoms with E-state index < -0.39 is 6.10 Å². The maximum Gasteiger partial charge on any atom is 0.120 e. The fraction of sp³-hybridized carbons (Fsp3) is 0.200. The first-order valence-corrected chi connectivity index (χ1v) is 6.98. The van der Waals surface area contributed by atoms with Crippen LogP contribution < -0.4 is 10.5 Å². The third-order valence-electron chi connectivity index (χ3n) is 2.80. The lowest BCUT2D eigenvalue weighted by atomic mass is 10.1. The number of aliphatic hydroxyl groups is 1. The summed E-state index contributed by atoms with van der Waals surface area (Å²) >= 11 is 1.52. The van der Waals surface area contributed by atoms with E-state index in [4.69, 9.17) is 10.5 Å². The Hall–Kier alpha value is -1.65. The van der Waals surface area contributed by atoms with Crippen molar-refractivity contribution in [3.8, 4) is 5.75 Å². The van der Waals surface area contributed by atoms with Crippen LogP contribution in [-0.4, -0.2) is 18.0 Å². The predicted octanol–water partition coefficient (Wildman–Crippen LogP) is 3.10. The summed E-state index contributed by atoms with van der Waals surface area (Å²) < 4.78 is 5.17. The van der Waals surface area contributed by atoms with Crippen LogP contribution in [0.1, 0.15) is 11.7 Å². The Bertz CT molecular complexity index is 531. The van der Waals surface area contributed by atoms with E-state index in [1.165, 1.54) is 11.8 Å². The molecule has 0 saturated carbocycles. The zero-order chi connectivity index (χ0) is 13.7. The summed E-state index contributed by atoms with van der Waals surface area (Å²) in [5.41, 5.74) is 7.52. The summed E-state index contributed by atoms with van der Waals surface area (Å²) in [4.78, 5) is 0.925. The smallest absolute Gasteiger partial charge is 0.120 e. The van der Waals surface area contributed by atoms with E-state index in [0.29, 0.717) is 11.4 Å². The van der Waals surface area contributed by atoms with Gasteiger partial charge in [-0.2, -0.15) is 0 Å². The van der Waals surface area contributed by atoms with Gasteiger partial charge in [0, 0.05) is 16.3 Å². The molecule has 3 nitrogen and oxygen atoms in total. The second-order valence-corrected chi connectivity index (χ2v) is 5.20. The van der Waals surface area contributed by atoms with E-state index in [1.54, 1.807) is 7.11 Å². The Labute approximate surface area is 117 Å². The Morgan fingerprint density at radius 2 is 1.95 bits per heavy atom. The van der Waals surface area contributed by atoms with Crippen LogP contribution in [0.2, 0.25) is 0 Å². The molecule has 1 atom stereocenters. The normalized spacial score (nSPS) is 12.1. The van der Waals surface area contributed by atoms with E-state index in [1.807, 2.05) is 48.5 Å². The molecule has 19 heavy (non-hydrogen) atoms. The fourth-order valence-electron chi connectivity index (χ4n) is 1.71. The van der Waals surface area contributed by atoms with Crippen molar-refractivity contribution < 1.29 is 9.84 Å². The predicted molar refractivity (Wildman–Crippen MR) is 79.5 cm³/mol. The molecule has 0 amide bonds. The second kappa shape index (κ2) is 6.50. The van der Waals surface area contributed by atoms with Crippen molar-refractivity contribution in [1.29, 1.82) is 0 Å². The number of ether oxygens (including phenoxy) is 1. The quantitative estimate of drug-likeness (QED) is 0.650. The molecule has 0 bridgehead atoms. The van der Waals surface area contributed by atoms with Gasteiger partial charge in [0.2, 0.25) is 0 Å². The molecule has 3 N–H and O–H groups in total. The zero-order valence-electron chi connectivity index (χ0n) is 10.7. The largest absolute Gasteiger partial charge is 0.497 e. The van der Waals surface area contributed by atoms with Crippen molar-refractivity contribution in [3.05, 3.63) is 54.1 Å². The van der Waals surface area contributed by atoms with Crippen molar-refractivity contribution in [2.75, 3.05) is 18.6 Å². The van der Waals surface area contributed by atoms with Crippen LogP contribution >= 0.6 is 11.8 Å². The van der Waals surface area contributed by atoms with E-state index in [-0.39, 0.29) is 0 Å². The number of anilines is 1. The van der Waals surface area contributed by atoms with Gasteiger partial charge in [-0.1, -0.05) is 30.3 Å². The maximum absolute atomic E-state index is 10.1. The van der Waals surface area contributed by atoms with Crippen molar-refractivity contribution in [2.24, 2.45) is 0 Å². The summed E-state index contributed by atoms with van der Waals surface area (Å²) in [6.45, 7) is 0. The summed E-state index contributed by atoms with van der Waals surface area (Å²) in [5, 5.41) is 10.1. The van der Waals surface area contributed by atoms with Gasteiger partial charge in [0.05, 0.1) is 13.2 Å². The van der Waals surface area contributed by atoms with Gasteiger partial charge in [-0.05, 0) is 23.8 Å². The first-order valence-electron chi connectivity index (χ1n) is 6.00. The molecule has 0 saturated heterocycles. The van der Waals surface area contributed by atoms with Crippen LogP contribution in [0, 0.1) is 0 Å². The van der Waals surface area contributed by atoms with E-state index in [9.17, 15) is 5.11 Å². The molecule has 0 radical (unpaired) electrons. The molecule has 0 aliphatic carbocycles. The van der Waals surface area contributed by atoms with Crippen molar-refractivity contribution in [2.45, 2.75) is 11.0 Å². The summed E-state index contributed by atoms with van der Waals surface area (Å²) in [6.07, 6.45) is -0.503. The van der Waals surface area contributed by atoms with Crippen LogP contribution in [0.5, 0.6) is 5.75 Å². The number of rotatable bonds is 5. The number of benzene rings is 2. The minimum Gasteiger partial charge on any atom is -0.497 e. The minimum atomic E-state index is -0.503. The Morgan fingerprint density at radius 3 is 2.63 bits per heavy atom. The minimum absolute atomic E-state index is 0.503. The van der Waals surface area contributed by atoms with Crippen molar-refractivity contribution in [3.63, 3.8) is 0 Å². The first kappa shape index (κ1) is 13.8. The molecule has 0 fully saturated rings. The maximum atomic E-state index is 10.1. The van der Waals surface area contributed by atoms with Crippen LogP contribution in [0.25, 0.3) is 0 Å². The van der Waals surface area contributed by atoms with E-state index in [0.717, 1.165) is 16.2 Å². The number of aliphatic hydroxyl groups excluding tert-OH is 1. The van der Waals surface area contributed by atoms with Gasteiger partial charge in [0.25, 0.3) is 0 Å². The number of thioether (sulfide) groups is 1. The zero-order valence-corrected chi connectivity index (χ0v) is 11.6. The third kappa shape index (κ3) is 3.66. The second-order valence-electron chi connectivity index (χ2n) is 4.14. The number of nitrogen functional groups attached to an aromatic ring is 1. The molecule has 100 valence electrons. The molecule has 2 rings (SSSR count). The molecule has 0 heterocycles. The lowest BCUT2D eigenvalue weighted by Gasteiger charge is -2.12. The number of hydrogen-bond acceptors (Lipinski definition) is 4. The number of nitrogens with two attached hydrogens (primary N) is 1. The van der Waals surface area contributed by atoms with Crippen LogP contribution in [0.3, 0.4) is 0 Å². The molecule has 0 spiro atoms. The molecule has 0 aliphatic heterocycles. The lowest BCUT2D eigenvalue weighted by molar-refractivity contribution is 0.204. The van der Waals surface area contributed by atoms with Gasteiger partial charge in [0.15, 0.2) is 0 Å². The average Bonchev–Trinajstić information content (AvgIpc) is 2.47. The Balaban J connectivity index is 2.02. The van der Waals surface area contributed by atoms with Gasteiger partial charge >= 0.3 is 0 Å². The number of hydrogen-bond donors (Lipinski definition) is 2. The average molecular weight is 275 g/mol. The van der Waals surface area contributed by atoms with Crippen molar-refractivity contribution in [1.82, 2.24) is 0 Å². The highest BCUT2D eigenvalue weighted by atomic mass is 32.2. The van der Waals surface area contributed by atoms with Gasteiger partial charge < -0.3 is 15.6 Å². The number of methoxy groups -OCH3 is 1. The van der Waals surface area contributed by atoms with Crippen molar-refractivity contribution >= 4 is 17.4 Å². The van der Waals surface area contributed by atoms with Gasteiger partial charge in [-0.15, -0.1) is 11.8 Å². The molecule has 2 aromatic rings. The third-order valence-corrected chi connectivity index (χ3v) is 3.95.